The molecule has 446 valence electrons. The summed E-state index contributed by atoms with van der Waals surface area (Å²) in [5, 5.41) is 4.47. The number of thiophene rings is 2. The largest absolute Gasteiger partial charge is 0.493 e. The second-order valence-corrected chi connectivity index (χ2v) is 27.4. The summed E-state index contributed by atoms with van der Waals surface area (Å²) >= 11 is 11.0. The first-order valence-electron chi connectivity index (χ1n) is 28.5. The first-order chi connectivity index (χ1) is 43.2. The van der Waals surface area contributed by atoms with Crippen LogP contribution < -0.4 is 18.9 Å². The maximum Gasteiger partial charge on any atom is 0.167 e. The molecule has 0 saturated carbocycles. The van der Waals surface area contributed by atoms with Crippen LogP contribution in [0.15, 0.2) is 226 Å². The number of thioether (sulfide) groups is 4. The molecule has 0 N–H and O–H groups in total. The summed E-state index contributed by atoms with van der Waals surface area (Å²) in [6, 6.07) is 51.3. The molecule has 10 aromatic rings. The van der Waals surface area contributed by atoms with Crippen LogP contribution in [0.2, 0.25) is 0 Å². The van der Waals surface area contributed by atoms with Crippen molar-refractivity contribution in [1.29, 1.82) is 0 Å². The van der Waals surface area contributed by atoms with Crippen molar-refractivity contribution in [3.05, 3.63) is 250 Å². The second-order valence-electron chi connectivity index (χ2n) is 20.4. The molecular formula is C72H58F4O6S6. The highest BCUT2D eigenvalue weighted by atomic mass is 32.2. The van der Waals surface area contributed by atoms with Crippen LogP contribution in [0.3, 0.4) is 0 Å². The number of hydrogen-bond donors (Lipinski definition) is 0. The van der Waals surface area contributed by atoms with Gasteiger partial charge in [0.15, 0.2) is 23.3 Å². The maximum atomic E-state index is 15.7. The summed E-state index contributed by atoms with van der Waals surface area (Å²) in [5.74, 6) is -1.24. The third kappa shape index (κ3) is 14.0. The van der Waals surface area contributed by atoms with E-state index in [4.69, 9.17) is 28.4 Å². The van der Waals surface area contributed by atoms with E-state index in [1.807, 2.05) is 47.0 Å². The van der Waals surface area contributed by atoms with Gasteiger partial charge < -0.3 is 28.4 Å². The molecule has 88 heavy (non-hydrogen) atoms. The lowest BCUT2D eigenvalue weighted by molar-refractivity contribution is 0.0886. The summed E-state index contributed by atoms with van der Waals surface area (Å²) in [6.07, 6.45) is 4.96. The Hall–Kier alpha value is -7.12. The monoisotopic (exact) mass is 1290 g/mol. The van der Waals surface area contributed by atoms with Crippen molar-refractivity contribution in [2.24, 2.45) is 0 Å². The van der Waals surface area contributed by atoms with Crippen molar-refractivity contribution in [3.63, 3.8) is 0 Å². The zero-order valence-electron chi connectivity index (χ0n) is 47.5. The number of rotatable bonds is 27. The Balaban J connectivity index is 0.711. The van der Waals surface area contributed by atoms with Crippen LogP contribution in [0.1, 0.15) is 42.9 Å². The fourth-order valence-electron chi connectivity index (χ4n) is 10.2. The molecule has 6 nitrogen and oxygen atoms in total. The van der Waals surface area contributed by atoms with Crippen LogP contribution in [0.25, 0.3) is 55.6 Å². The minimum absolute atomic E-state index is 0.125. The third-order valence-corrected chi connectivity index (χ3v) is 23.1. The predicted molar refractivity (Wildman–Crippen MR) is 355 cm³/mol. The van der Waals surface area contributed by atoms with Gasteiger partial charge in [-0.05, 0) is 130 Å². The Morgan fingerprint density at radius 3 is 0.920 bits per heavy atom. The standard InChI is InChI=1S/C72H58F4O6S6/c1-3-5-35-79-51-23-15-45(16-24-51)55-31-33-57(67(75)65(55)73)47-19-27-53(28-20-47)81-39-37-77-41-49-43-83-69(71-85-59-11-7-8-12-60(59)86-71)63(49)64-50(44-84-70(64)72-87-61-13-9-10-14-62(61)88-72)42-78-38-40-82-54-29-21-48(22-30-54)58-34-32-56(66(74)68(58)76)46-17-25-52(26-18-46)80-36-6-4-2/h3-4,7-34,43-44,71-72H,1-2,5-6,35-42H2. The van der Waals surface area contributed by atoms with Gasteiger partial charge in [0.1, 0.15) is 36.2 Å². The normalized spacial score (nSPS) is 12.9. The van der Waals surface area contributed by atoms with E-state index < -0.39 is 23.3 Å². The Morgan fingerprint density at radius 2 is 0.636 bits per heavy atom. The van der Waals surface area contributed by atoms with Gasteiger partial charge >= 0.3 is 0 Å². The molecule has 2 aromatic heterocycles. The highest BCUT2D eigenvalue weighted by Gasteiger charge is 2.35. The van der Waals surface area contributed by atoms with Gasteiger partial charge in [-0.1, -0.05) is 109 Å². The molecule has 0 spiro atoms. The predicted octanol–water partition coefficient (Wildman–Crippen LogP) is 21.6. The number of fused-ring (bicyclic) bond motifs is 2. The fourth-order valence-corrected chi connectivity index (χ4v) is 18.7. The molecule has 4 heterocycles. The van der Waals surface area contributed by atoms with Gasteiger partial charge in [0.2, 0.25) is 0 Å². The summed E-state index contributed by atoms with van der Waals surface area (Å²) in [7, 11) is 0. The zero-order valence-corrected chi connectivity index (χ0v) is 52.4. The summed E-state index contributed by atoms with van der Waals surface area (Å²) in [4.78, 5) is 7.58. The zero-order chi connectivity index (χ0) is 60.3. The van der Waals surface area contributed by atoms with Crippen LogP contribution in [0.5, 0.6) is 23.0 Å². The molecule has 0 amide bonds. The van der Waals surface area contributed by atoms with Crippen LogP contribution >= 0.6 is 69.7 Å². The molecule has 0 atom stereocenters. The van der Waals surface area contributed by atoms with E-state index in [-0.39, 0.29) is 44.6 Å². The molecule has 0 aliphatic carbocycles. The van der Waals surface area contributed by atoms with Gasteiger partial charge in [-0.15, -0.1) is 82.9 Å². The Bertz CT molecular complexity index is 3750. The lowest BCUT2D eigenvalue weighted by atomic mass is 9.98. The first-order valence-corrected chi connectivity index (χ1v) is 33.8. The van der Waals surface area contributed by atoms with Crippen LogP contribution in [-0.4, -0.2) is 39.6 Å². The molecule has 12 rings (SSSR count). The van der Waals surface area contributed by atoms with E-state index in [1.165, 1.54) is 40.5 Å². The van der Waals surface area contributed by atoms with Gasteiger partial charge in [0, 0.05) is 62.7 Å². The summed E-state index contributed by atoms with van der Waals surface area (Å²) in [6.45, 7) is 10.2. The minimum Gasteiger partial charge on any atom is -0.493 e. The summed E-state index contributed by atoms with van der Waals surface area (Å²) in [5.41, 5.74) is 7.29. The molecular weight excluding hydrogens is 1230 g/mol. The SMILES string of the molecule is C=CCCOc1ccc(-c2ccc(-c3ccc(OCCOCc4csc(C5Sc6ccccc6S5)c4-c4c(COCCOc5ccc(-c6ccc(-c7ccc(OCCC=C)cc7)c(F)c6F)cc5)csc4C4Sc5ccccc5S4)cc3)c(F)c2F)cc1. The van der Waals surface area contributed by atoms with E-state index in [1.54, 1.807) is 156 Å². The highest BCUT2D eigenvalue weighted by Crippen LogP contribution is 2.63. The fraction of sp³-hybridized carbons (Fsp3) is 0.167. The number of ether oxygens (including phenoxy) is 6. The average Bonchev–Trinajstić information content (AvgIpc) is 1.85. The Morgan fingerprint density at radius 1 is 0.352 bits per heavy atom. The number of benzene rings is 8. The maximum absolute atomic E-state index is 15.7. The molecule has 0 radical (unpaired) electrons. The lowest BCUT2D eigenvalue weighted by Gasteiger charge is -2.17. The molecule has 2 aliphatic rings. The topological polar surface area (TPSA) is 55.4 Å². The minimum atomic E-state index is -0.924. The summed E-state index contributed by atoms with van der Waals surface area (Å²) < 4.78 is 99.4. The van der Waals surface area contributed by atoms with Gasteiger partial charge in [-0.25, -0.2) is 17.6 Å². The van der Waals surface area contributed by atoms with Crippen molar-refractivity contribution in [3.8, 4) is 78.6 Å². The highest BCUT2D eigenvalue weighted by molar-refractivity contribution is 8.19. The van der Waals surface area contributed by atoms with Crippen LogP contribution in [-0.2, 0) is 22.7 Å². The average molecular weight is 1290 g/mol. The quantitative estimate of drug-likeness (QED) is 0.0283. The van der Waals surface area contributed by atoms with Gasteiger partial charge in [0.05, 0.1) is 48.8 Å². The van der Waals surface area contributed by atoms with Gasteiger partial charge in [0.25, 0.3) is 0 Å². The van der Waals surface area contributed by atoms with Gasteiger partial charge in [-0.2, -0.15) is 0 Å². The molecule has 0 unspecified atom stereocenters. The van der Waals surface area contributed by atoms with E-state index >= 15 is 17.6 Å². The second kappa shape index (κ2) is 29.0. The van der Waals surface area contributed by atoms with Crippen LogP contribution in [0, 0.1) is 23.3 Å². The van der Waals surface area contributed by atoms with Crippen molar-refractivity contribution < 1.29 is 46.0 Å². The smallest absolute Gasteiger partial charge is 0.167 e. The lowest BCUT2D eigenvalue weighted by Crippen LogP contribution is -2.08. The van der Waals surface area contributed by atoms with E-state index in [2.05, 4.69) is 72.4 Å². The van der Waals surface area contributed by atoms with E-state index in [0.717, 1.165) is 11.1 Å². The number of hydrogen-bond acceptors (Lipinski definition) is 12. The van der Waals surface area contributed by atoms with Crippen molar-refractivity contribution in [2.45, 2.75) is 54.8 Å². The van der Waals surface area contributed by atoms with E-state index in [0.29, 0.717) is 97.7 Å². The van der Waals surface area contributed by atoms with E-state index in [9.17, 15) is 0 Å². The van der Waals surface area contributed by atoms with Crippen molar-refractivity contribution in [2.75, 3.05) is 39.6 Å². The number of halogens is 4. The van der Waals surface area contributed by atoms with Crippen molar-refractivity contribution in [1.82, 2.24) is 0 Å². The molecule has 16 heteroatoms. The van der Waals surface area contributed by atoms with Crippen molar-refractivity contribution >= 4 is 69.7 Å². The molecule has 0 saturated heterocycles. The van der Waals surface area contributed by atoms with Crippen LogP contribution in [0.4, 0.5) is 17.6 Å². The Labute approximate surface area is 535 Å². The Kier molecular flexibility index (Phi) is 20.2. The first kappa shape index (κ1) is 61.1. The van der Waals surface area contributed by atoms with Gasteiger partial charge in [-0.3, -0.25) is 0 Å². The third-order valence-electron chi connectivity index (χ3n) is 14.6. The molecule has 0 bridgehead atoms. The molecule has 2 aliphatic heterocycles. The molecule has 8 aromatic carbocycles. The molecule has 0 fully saturated rings.